The van der Waals surface area contributed by atoms with E-state index >= 15 is 4.39 Å². The van der Waals surface area contributed by atoms with Crippen LogP contribution in [0.2, 0.25) is 0 Å². The van der Waals surface area contributed by atoms with Crippen LogP contribution >= 0.6 is 0 Å². The van der Waals surface area contributed by atoms with Gasteiger partial charge >= 0.3 is 0 Å². The van der Waals surface area contributed by atoms with Gasteiger partial charge in [-0.1, -0.05) is 30.3 Å². The number of aromatic nitrogens is 2. The Labute approximate surface area is 204 Å². The molecule has 1 aromatic heterocycles. The van der Waals surface area contributed by atoms with Crippen molar-refractivity contribution >= 4 is 27.5 Å². The molecule has 7 heteroatoms. The van der Waals surface area contributed by atoms with Crippen LogP contribution in [0.1, 0.15) is 18.7 Å². The Bertz CT molecular complexity index is 1410. The smallest absolute Gasteiger partial charge is 0.157 e. The summed E-state index contributed by atoms with van der Waals surface area (Å²) in [7, 11) is 4.03. The maximum Gasteiger partial charge on any atom is 0.157 e. The van der Waals surface area contributed by atoms with Gasteiger partial charge in [0.2, 0.25) is 0 Å². The topological polar surface area (TPSA) is 64.5 Å². The summed E-state index contributed by atoms with van der Waals surface area (Å²) in [6.45, 7) is 2.53. The van der Waals surface area contributed by atoms with Gasteiger partial charge in [-0.2, -0.15) is 0 Å². The molecule has 2 aliphatic rings. The van der Waals surface area contributed by atoms with Gasteiger partial charge in [0.05, 0.1) is 0 Å². The van der Waals surface area contributed by atoms with E-state index in [2.05, 4.69) is 15.1 Å². The number of halogens is 1. The van der Waals surface area contributed by atoms with Crippen LogP contribution in [0.4, 0.5) is 10.2 Å². The molecule has 0 amide bonds. The van der Waals surface area contributed by atoms with Gasteiger partial charge in [0.1, 0.15) is 22.9 Å². The Morgan fingerprint density at radius 1 is 1.00 bits per heavy atom. The molecule has 2 aliphatic heterocycles. The average molecular weight is 472 g/mol. The fraction of sp³-hybridized carbons (Fsp3) is 0.357. The molecule has 3 aromatic carbocycles. The van der Waals surface area contributed by atoms with Crippen LogP contribution in [0.15, 0.2) is 48.5 Å². The second-order valence-electron chi connectivity index (χ2n) is 10.1. The Kier molecular flexibility index (Phi) is 5.54. The molecular formula is C28H30FN5O. The van der Waals surface area contributed by atoms with E-state index in [0.717, 1.165) is 41.6 Å². The number of phenols is 1. The summed E-state index contributed by atoms with van der Waals surface area (Å²) in [6.07, 6.45) is 2.98. The van der Waals surface area contributed by atoms with Crippen LogP contribution in [0, 0.1) is 5.82 Å². The zero-order valence-electron chi connectivity index (χ0n) is 20.1. The second-order valence-corrected chi connectivity index (χ2v) is 10.1. The van der Waals surface area contributed by atoms with Crippen molar-refractivity contribution in [3.63, 3.8) is 0 Å². The first kappa shape index (κ1) is 22.2. The van der Waals surface area contributed by atoms with E-state index in [-0.39, 0.29) is 11.6 Å². The van der Waals surface area contributed by atoms with Gasteiger partial charge in [-0.3, -0.25) is 0 Å². The predicted molar refractivity (Wildman–Crippen MR) is 139 cm³/mol. The molecule has 35 heavy (non-hydrogen) atoms. The summed E-state index contributed by atoms with van der Waals surface area (Å²) in [5.74, 6) is 1.23. The van der Waals surface area contributed by atoms with E-state index in [9.17, 15) is 5.11 Å². The van der Waals surface area contributed by atoms with E-state index in [0.29, 0.717) is 41.0 Å². The number of hydrogen-bond donors (Lipinski definition) is 2. The molecule has 3 heterocycles. The van der Waals surface area contributed by atoms with Gasteiger partial charge in [-0.05, 0) is 61.5 Å². The highest BCUT2D eigenvalue weighted by Crippen LogP contribution is 2.38. The van der Waals surface area contributed by atoms with Crippen molar-refractivity contribution in [2.45, 2.75) is 31.3 Å². The normalized spacial score (nSPS) is 19.8. The third-order valence-corrected chi connectivity index (χ3v) is 7.27. The average Bonchev–Trinajstić information content (AvgIpc) is 3.19. The highest BCUT2D eigenvalue weighted by molar-refractivity contribution is 6.01. The third-order valence-electron chi connectivity index (χ3n) is 7.27. The largest absolute Gasteiger partial charge is 0.508 e. The number of rotatable bonds is 5. The SMILES string of the molecule is CN(C)CCc1nc(N2CC3CCC(C2)N3)c2ccc(-c3cc(O)cc4ccccc34)c(F)c2n1. The van der Waals surface area contributed by atoms with Gasteiger partial charge in [-0.15, -0.1) is 0 Å². The van der Waals surface area contributed by atoms with Crippen molar-refractivity contribution < 1.29 is 9.50 Å². The number of anilines is 1. The summed E-state index contributed by atoms with van der Waals surface area (Å²) >= 11 is 0. The lowest BCUT2D eigenvalue weighted by molar-refractivity contribution is 0.409. The quantitative estimate of drug-likeness (QED) is 0.452. The first-order valence-corrected chi connectivity index (χ1v) is 12.3. The summed E-state index contributed by atoms with van der Waals surface area (Å²) in [5.41, 5.74) is 1.45. The highest BCUT2D eigenvalue weighted by Gasteiger charge is 2.34. The standard InChI is InChI=1S/C28H30FN5O/c1-33(2)12-11-25-31-27-23(28(32-25)34-15-18-7-8-19(16-34)30-18)10-9-22(26(27)29)24-14-20(35)13-17-5-3-4-6-21(17)24/h3-6,9-10,13-14,18-19,30,35H,7-8,11-12,15-16H2,1-2H3. The van der Waals surface area contributed by atoms with Gasteiger partial charge < -0.3 is 20.2 Å². The Morgan fingerprint density at radius 3 is 2.54 bits per heavy atom. The minimum atomic E-state index is -0.369. The van der Waals surface area contributed by atoms with Gasteiger partial charge in [0.25, 0.3) is 0 Å². The molecule has 2 unspecified atom stereocenters. The Hall–Kier alpha value is -3.29. The van der Waals surface area contributed by atoms with E-state index < -0.39 is 0 Å². The maximum atomic E-state index is 16.3. The van der Waals surface area contributed by atoms with Crippen LogP contribution in [0.25, 0.3) is 32.8 Å². The zero-order valence-corrected chi connectivity index (χ0v) is 20.1. The molecule has 0 spiro atoms. The lowest BCUT2D eigenvalue weighted by Crippen LogP contribution is -2.51. The monoisotopic (exact) mass is 471 g/mol. The van der Waals surface area contributed by atoms with Crippen LogP contribution in [0.3, 0.4) is 0 Å². The molecule has 6 nitrogen and oxygen atoms in total. The van der Waals surface area contributed by atoms with E-state index in [1.54, 1.807) is 12.1 Å². The first-order valence-electron chi connectivity index (χ1n) is 12.3. The molecular weight excluding hydrogens is 441 g/mol. The second kappa shape index (κ2) is 8.73. The molecule has 0 radical (unpaired) electrons. The van der Waals surface area contributed by atoms with Gasteiger partial charge in [-0.25, -0.2) is 14.4 Å². The summed E-state index contributed by atoms with van der Waals surface area (Å²) in [4.78, 5) is 14.1. The van der Waals surface area contributed by atoms with Crippen LogP contribution in [-0.2, 0) is 6.42 Å². The minimum Gasteiger partial charge on any atom is -0.508 e. The van der Waals surface area contributed by atoms with E-state index in [4.69, 9.17) is 9.97 Å². The zero-order chi connectivity index (χ0) is 24.1. The van der Waals surface area contributed by atoms with Crippen LogP contribution in [0.5, 0.6) is 5.75 Å². The lowest BCUT2D eigenvalue weighted by atomic mass is 9.96. The third kappa shape index (κ3) is 4.09. The molecule has 4 aromatic rings. The number of benzene rings is 3. The highest BCUT2D eigenvalue weighted by atomic mass is 19.1. The summed E-state index contributed by atoms with van der Waals surface area (Å²) in [5, 5.41) is 16.5. The molecule has 2 N–H and O–H groups in total. The van der Waals surface area contributed by atoms with Crippen LogP contribution < -0.4 is 10.2 Å². The van der Waals surface area contributed by atoms with Crippen molar-refractivity contribution in [3.05, 3.63) is 60.2 Å². The van der Waals surface area contributed by atoms with Crippen molar-refractivity contribution in [2.24, 2.45) is 0 Å². The molecule has 2 saturated heterocycles. The first-order chi connectivity index (χ1) is 17.0. The molecule has 180 valence electrons. The van der Waals surface area contributed by atoms with Crippen molar-refractivity contribution in [1.29, 1.82) is 0 Å². The minimum absolute atomic E-state index is 0.115. The molecule has 2 bridgehead atoms. The molecule has 2 fully saturated rings. The number of nitrogens with one attached hydrogen (secondary N) is 1. The van der Waals surface area contributed by atoms with Gasteiger partial charge in [0, 0.05) is 49.1 Å². The molecule has 6 rings (SSSR count). The lowest BCUT2D eigenvalue weighted by Gasteiger charge is -2.34. The van der Waals surface area contributed by atoms with Gasteiger partial charge in [0.15, 0.2) is 5.82 Å². The Morgan fingerprint density at radius 2 is 1.77 bits per heavy atom. The molecule has 0 saturated carbocycles. The Balaban J connectivity index is 1.53. The molecule has 0 aliphatic carbocycles. The number of likely N-dealkylation sites (N-methyl/N-ethyl adjacent to an activating group) is 1. The number of aromatic hydroxyl groups is 1. The van der Waals surface area contributed by atoms with E-state index in [1.165, 1.54) is 12.8 Å². The van der Waals surface area contributed by atoms with E-state index in [1.807, 2.05) is 50.5 Å². The number of hydrogen-bond acceptors (Lipinski definition) is 6. The van der Waals surface area contributed by atoms with Crippen molar-refractivity contribution in [1.82, 2.24) is 20.2 Å². The summed E-state index contributed by atoms with van der Waals surface area (Å²) in [6, 6.07) is 15.7. The van der Waals surface area contributed by atoms with Crippen molar-refractivity contribution in [2.75, 3.05) is 38.6 Å². The maximum absolute atomic E-state index is 16.3. The number of fused-ring (bicyclic) bond motifs is 4. The summed E-state index contributed by atoms with van der Waals surface area (Å²) < 4.78 is 16.3. The number of piperazine rings is 1. The van der Waals surface area contributed by atoms with Crippen molar-refractivity contribution in [3.8, 4) is 16.9 Å². The number of phenolic OH excluding ortho intramolecular Hbond substituents is 1. The number of nitrogens with zero attached hydrogens (tertiary/aromatic N) is 4. The van der Waals surface area contributed by atoms with Crippen LogP contribution in [-0.4, -0.2) is 65.8 Å². The predicted octanol–water partition coefficient (Wildman–Crippen LogP) is 4.34. The fourth-order valence-corrected chi connectivity index (χ4v) is 5.56. The fourth-order valence-electron chi connectivity index (χ4n) is 5.56. The molecule has 2 atom stereocenters.